The number of rotatable bonds is 0. The van der Waals surface area contributed by atoms with E-state index in [4.69, 9.17) is 0 Å². The first-order chi connectivity index (χ1) is 6.32. The molecule has 1 saturated carbocycles. The van der Waals surface area contributed by atoms with Gasteiger partial charge in [-0.1, -0.05) is 36.7 Å². The molecule has 3 heteroatoms. The quantitative estimate of drug-likeness (QED) is 0.658. The van der Waals surface area contributed by atoms with Gasteiger partial charge in [0.25, 0.3) is 0 Å². The molecule has 0 heterocycles. The molecule has 2 aliphatic rings. The maximum atomic E-state index is 12.2. The Morgan fingerprint density at radius 1 is 1.29 bits per heavy atom. The van der Waals surface area contributed by atoms with Crippen molar-refractivity contribution in [1.82, 2.24) is 0 Å². The Bertz CT molecular complexity index is 343. The van der Waals surface area contributed by atoms with Crippen molar-refractivity contribution in [2.75, 3.05) is 0 Å². The normalized spacial score (nSPS) is 40.6. The van der Waals surface area contributed by atoms with E-state index < -0.39 is 0 Å². The first-order valence-corrected chi connectivity index (χ1v) is 6.51. The van der Waals surface area contributed by atoms with Crippen LogP contribution in [0.25, 0.3) is 0 Å². The summed E-state index contributed by atoms with van der Waals surface area (Å²) in [5, 5.41) is 0. The fraction of sp³-hybridized carbons (Fsp3) is 0.727. The van der Waals surface area contributed by atoms with Gasteiger partial charge in [-0.2, -0.15) is 0 Å². The molecule has 0 saturated heterocycles. The van der Waals surface area contributed by atoms with Crippen molar-refractivity contribution in [3.05, 3.63) is 8.96 Å². The van der Waals surface area contributed by atoms with Crippen molar-refractivity contribution in [2.45, 2.75) is 33.6 Å². The Labute approximate surface area is 102 Å². The SMILES string of the molecule is CC1(C)[C@@H]2CC[C@]1(C)C(=O)C(Br)=C2Br. The lowest BCUT2D eigenvalue weighted by Crippen LogP contribution is -2.44. The minimum Gasteiger partial charge on any atom is -0.293 e. The molecule has 0 aromatic rings. The van der Waals surface area contributed by atoms with Crippen LogP contribution in [0.4, 0.5) is 0 Å². The number of fused-ring (bicyclic) bond motifs is 2. The van der Waals surface area contributed by atoms with Crippen LogP contribution in [0, 0.1) is 16.7 Å². The van der Waals surface area contributed by atoms with Gasteiger partial charge in [0.1, 0.15) is 0 Å². The van der Waals surface area contributed by atoms with E-state index in [0.717, 1.165) is 21.8 Å². The highest BCUT2D eigenvalue weighted by atomic mass is 79.9. The van der Waals surface area contributed by atoms with Gasteiger partial charge in [0.15, 0.2) is 5.78 Å². The highest BCUT2D eigenvalue weighted by molar-refractivity contribution is 9.14. The van der Waals surface area contributed by atoms with E-state index in [1.807, 2.05) is 0 Å². The number of carbonyl (C=O) groups excluding carboxylic acids is 1. The zero-order valence-electron chi connectivity index (χ0n) is 8.66. The van der Waals surface area contributed by atoms with Gasteiger partial charge in [-0.3, -0.25) is 4.79 Å². The van der Waals surface area contributed by atoms with Crippen molar-refractivity contribution in [3.63, 3.8) is 0 Å². The summed E-state index contributed by atoms with van der Waals surface area (Å²) in [5.74, 6) is 0.766. The van der Waals surface area contributed by atoms with Gasteiger partial charge in [-0.05, 0) is 40.1 Å². The molecule has 78 valence electrons. The van der Waals surface area contributed by atoms with Gasteiger partial charge in [-0.15, -0.1) is 0 Å². The van der Waals surface area contributed by atoms with Crippen LogP contribution in [0.3, 0.4) is 0 Å². The van der Waals surface area contributed by atoms with E-state index in [1.54, 1.807) is 0 Å². The highest BCUT2D eigenvalue weighted by Crippen LogP contribution is 2.64. The molecule has 0 aromatic carbocycles. The topological polar surface area (TPSA) is 17.1 Å². The molecule has 0 amide bonds. The van der Waals surface area contributed by atoms with Crippen LogP contribution in [0.1, 0.15) is 33.6 Å². The summed E-state index contributed by atoms with van der Waals surface area (Å²) in [6, 6.07) is 0. The van der Waals surface area contributed by atoms with E-state index >= 15 is 0 Å². The fourth-order valence-corrected chi connectivity index (χ4v) is 4.55. The maximum Gasteiger partial charge on any atom is 0.177 e. The van der Waals surface area contributed by atoms with Crippen LogP contribution in [0.5, 0.6) is 0 Å². The average Bonchev–Trinajstić information content (AvgIpc) is 2.30. The number of hydrogen-bond acceptors (Lipinski definition) is 1. The summed E-state index contributed by atoms with van der Waals surface area (Å²) < 4.78 is 1.84. The van der Waals surface area contributed by atoms with Gasteiger partial charge in [-0.25, -0.2) is 0 Å². The first-order valence-electron chi connectivity index (χ1n) is 4.92. The van der Waals surface area contributed by atoms with Gasteiger partial charge in [0, 0.05) is 9.90 Å². The number of allylic oxidation sites excluding steroid dienone is 2. The Hall–Kier alpha value is 0.370. The highest BCUT2D eigenvalue weighted by Gasteiger charge is 2.60. The lowest BCUT2D eigenvalue weighted by molar-refractivity contribution is -0.129. The number of hydrogen-bond donors (Lipinski definition) is 0. The second kappa shape index (κ2) is 2.94. The number of carbonyl (C=O) groups is 1. The Kier molecular flexibility index (Phi) is 2.29. The minimum atomic E-state index is -0.173. The zero-order chi connectivity index (χ0) is 10.7. The van der Waals surface area contributed by atoms with Crippen LogP contribution in [-0.4, -0.2) is 5.78 Å². The van der Waals surface area contributed by atoms with Crippen LogP contribution >= 0.6 is 31.9 Å². The lowest BCUT2D eigenvalue weighted by atomic mass is 9.61. The third kappa shape index (κ3) is 1.03. The van der Waals surface area contributed by atoms with Crippen LogP contribution < -0.4 is 0 Å². The maximum absolute atomic E-state index is 12.2. The lowest BCUT2D eigenvalue weighted by Gasteiger charge is -2.44. The van der Waals surface area contributed by atoms with Crippen molar-refractivity contribution in [2.24, 2.45) is 16.7 Å². The molecule has 0 radical (unpaired) electrons. The second-order valence-corrected chi connectivity index (χ2v) is 6.78. The molecule has 0 N–H and O–H groups in total. The summed E-state index contributed by atoms with van der Waals surface area (Å²) >= 11 is 6.97. The molecule has 0 aromatic heterocycles. The number of Topliss-reactive ketones (excluding diaryl/α,β-unsaturated/α-hetero) is 1. The second-order valence-electron chi connectivity index (χ2n) is 5.14. The monoisotopic (exact) mass is 320 g/mol. The molecule has 2 bridgehead atoms. The Balaban J connectivity index is 2.64. The summed E-state index contributed by atoms with van der Waals surface area (Å²) in [7, 11) is 0. The van der Waals surface area contributed by atoms with Gasteiger partial charge in [0.05, 0.1) is 4.48 Å². The minimum absolute atomic E-state index is 0.0835. The predicted molar refractivity (Wildman–Crippen MR) is 64.5 cm³/mol. The molecule has 0 aliphatic heterocycles. The van der Waals surface area contributed by atoms with E-state index in [2.05, 4.69) is 52.6 Å². The molecule has 0 spiro atoms. The smallest absolute Gasteiger partial charge is 0.177 e. The fourth-order valence-electron chi connectivity index (χ4n) is 2.85. The summed E-state index contributed by atoms with van der Waals surface area (Å²) in [5.41, 5.74) is -0.0893. The Morgan fingerprint density at radius 2 is 1.86 bits per heavy atom. The van der Waals surface area contributed by atoms with Crippen molar-refractivity contribution in [1.29, 1.82) is 0 Å². The third-order valence-corrected chi connectivity index (χ3v) is 6.71. The molecule has 1 fully saturated rings. The van der Waals surface area contributed by atoms with Gasteiger partial charge in [0.2, 0.25) is 0 Å². The van der Waals surface area contributed by atoms with E-state index in [0.29, 0.717) is 5.92 Å². The average molecular weight is 322 g/mol. The number of ketones is 1. The third-order valence-electron chi connectivity index (χ3n) is 4.44. The van der Waals surface area contributed by atoms with Crippen LogP contribution in [0.2, 0.25) is 0 Å². The van der Waals surface area contributed by atoms with Crippen LogP contribution in [0.15, 0.2) is 8.96 Å². The molecule has 2 rings (SSSR count). The van der Waals surface area contributed by atoms with Gasteiger partial charge >= 0.3 is 0 Å². The standard InChI is InChI=1S/C11H14Br2O/c1-10(2)6-4-5-11(10,3)9(14)8(13)7(6)12/h6H,4-5H2,1-3H3/t6-,11-/m1/s1. The summed E-state index contributed by atoms with van der Waals surface area (Å²) in [6.45, 7) is 6.53. The van der Waals surface area contributed by atoms with Crippen molar-refractivity contribution >= 4 is 37.6 Å². The van der Waals surface area contributed by atoms with Gasteiger partial charge < -0.3 is 0 Å². The van der Waals surface area contributed by atoms with E-state index in [9.17, 15) is 4.79 Å². The molecule has 1 nitrogen and oxygen atoms in total. The van der Waals surface area contributed by atoms with Crippen LogP contribution in [-0.2, 0) is 4.79 Å². The van der Waals surface area contributed by atoms with Crippen molar-refractivity contribution < 1.29 is 4.79 Å². The molecular formula is C11H14Br2O. The molecule has 2 atom stereocenters. The molecule has 2 aliphatic carbocycles. The Morgan fingerprint density at radius 3 is 2.43 bits per heavy atom. The number of halogens is 2. The van der Waals surface area contributed by atoms with E-state index in [-0.39, 0.29) is 16.6 Å². The summed E-state index contributed by atoms with van der Waals surface area (Å²) in [4.78, 5) is 12.2. The summed E-state index contributed by atoms with van der Waals surface area (Å²) in [6.07, 6.45) is 2.12. The molecule has 0 unspecified atom stereocenters. The molecular weight excluding hydrogens is 308 g/mol. The zero-order valence-corrected chi connectivity index (χ0v) is 11.8. The predicted octanol–water partition coefficient (Wildman–Crippen LogP) is 4.01. The van der Waals surface area contributed by atoms with E-state index in [1.165, 1.54) is 0 Å². The molecule has 14 heavy (non-hydrogen) atoms. The largest absolute Gasteiger partial charge is 0.293 e. The first kappa shape index (κ1) is 10.9. The van der Waals surface area contributed by atoms with Crippen molar-refractivity contribution in [3.8, 4) is 0 Å².